The number of pyridine rings is 2. The average Bonchev–Trinajstić information content (AvgIpc) is 3.40. The molecular weight excluding hydrogens is 690 g/mol. The van der Waals surface area contributed by atoms with Crippen molar-refractivity contribution < 1.29 is 18.4 Å². The van der Waals surface area contributed by atoms with Crippen molar-refractivity contribution in [2.45, 2.75) is 39.8 Å². The molecule has 12 heteroatoms. The quantitative estimate of drug-likeness (QED) is 0.189. The van der Waals surface area contributed by atoms with Gasteiger partial charge in [-0.2, -0.15) is 0 Å². The first-order valence-corrected chi connectivity index (χ1v) is 17.2. The molecule has 8 rings (SSSR count). The zero-order chi connectivity index (χ0) is 38.4. The molecule has 0 saturated carbocycles. The van der Waals surface area contributed by atoms with Crippen LogP contribution < -0.4 is 16.9 Å². The van der Waals surface area contributed by atoms with E-state index in [4.69, 9.17) is 5.73 Å². The van der Waals surface area contributed by atoms with Gasteiger partial charge in [0.15, 0.2) is 0 Å². The molecule has 270 valence electrons. The summed E-state index contributed by atoms with van der Waals surface area (Å²) >= 11 is 0. The van der Waals surface area contributed by atoms with E-state index in [0.29, 0.717) is 50.5 Å². The van der Waals surface area contributed by atoms with Gasteiger partial charge in [-0.25, -0.2) is 18.7 Å². The molecule has 0 radical (unpaired) electrons. The maximum absolute atomic E-state index is 14.1. The number of aromatic nitrogens is 4. The summed E-state index contributed by atoms with van der Waals surface area (Å²) in [5, 5.41) is 0. The van der Waals surface area contributed by atoms with Crippen LogP contribution in [0.15, 0.2) is 119 Å². The SMILES string of the molecule is Cc1cccc2nc(C(C)N)c(-c3cccc(F)c3)c(=O)n12.Cc1cccc2nc(C(C)N3C(=O)c4ccccc4C3=O)c(-c3cccc(F)c3)c(=O)n12. The van der Waals surface area contributed by atoms with Crippen LogP contribution in [0, 0.1) is 25.5 Å². The minimum absolute atomic E-state index is 0.153. The van der Waals surface area contributed by atoms with Crippen molar-refractivity contribution in [3.05, 3.63) is 175 Å². The number of benzene rings is 3. The highest BCUT2D eigenvalue weighted by molar-refractivity contribution is 6.21. The molecule has 0 aliphatic carbocycles. The standard InChI is InChI=1S/C25H18FN3O3.C17H16FN3O/c1-14-7-5-12-20-27-22(21(25(32)28(14)20)16-8-6-9-17(26)13-16)15(2)29-23(30)18-10-3-4-11-19(18)24(29)31;1-10-5-3-8-14-20-16(11(2)19)15(17(22)21(10)14)12-6-4-7-13(18)9-12/h3-13,15H,1-2H3;3-9,11H,19H2,1-2H3. The summed E-state index contributed by atoms with van der Waals surface area (Å²) in [6.07, 6.45) is 0. The predicted molar refractivity (Wildman–Crippen MR) is 201 cm³/mol. The molecule has 0 spiro atoms. The normalized spacial score (nSPS) is 13.5. The van der Waals surface area contributed by atoms with Crippen LogP contribution in [0.1, 0.15) is 69.4 Å². The summed E-state index contributed by atoms with van der Waals surface area (Å²) in [6, 6.07) is 27.6. The van der Waals surface area contributed by atoms with Crippen molar-refractivity contribution in [1.82, 2.24) is 23.7 Å². The van der Waals surface area contributed by atoms with Gasteiger partial charge in [-0.1, -0.05) is 48.5 Å². The number of rotatable bonds is 5. The largest absolute Gasteiger partial charge is 0.323 e. The first-order chi connectivity index (χ1) is 25.9. The highest BCUT2D eigenvalue weighted by Gasteiger charge is 2.40. The summed E-state index contributed by atoms with van der Waals surface area (Å²) in [5.74, 6) is -1.80. The van der Waals surface area contributed by atoms with Crippen LogP contribution in [-0.2, 0) is 0 Å². The average molecular weight is 725 g/mol. The van der Waals surface area contributed by atoms with Crippen molar-refractivity contribution in [1.29, 1.82) is 0 Å². The molecule has 0 bridgehead atoms. The van der Waals surface area contributed by atoms with Crippen LogP contribution in [0.5, 0.6) is 0 Å². The monoisotopic (exact) mass is 724 g/mol. The minimum Gasteiger partial charge on any atom is -0.323 e. The van der Waals surface area contributed by atoms with E-state index in [9.17, 15) is 28.0 Å². The lowest BCUT2D eigenvalue weighted by atomic mass is 10.0. The molecule has 4 aromatic heterocycles. The molecule has 1 aliphatic heterocycles. The summed E-state index contributed by atoms with van der Waals surface area (Å²) in [4.78, 5) is 63.0. The van der Waals surface area contributed by atoms with E-state index in [0.717, 1.165) is 10.6 Å². The van der Waals surface area contributed by atoms with Crippen molar-refractivity contribution in [3.8, 4) is 22.3 Å². The van der Waals surface area contributed by atoms with E-state index >= 15 is 0 Å². The van der Waals surface area contributed by atoms with Gasteiger partial charge in [-0.05, 0) is 99.5 Å². The molecule has 2 N–H and O–H groups in total. The van der Waals surface area contributed by atoms with E-state index in [1.54, 1.807) is 87.5 Å². The molecule has 54 heavy (non-hydrogen) atoms. The Morgan fingerprint density at radius 1 is 0.574 bits per heavy atom. The Labute approximate surface area is 307 Å². The summed E-state index contributed by atoms with van der Waals surface area (Å²) in [6.45, 7) is 7.02. The summed E-state index contributed by atoms with van der Waals surface area (Å²) in [7, 11) is 0. The highest BCUT2D eigenvalue weighted by atomic mass is 19.1. The Hall–Kier alpha value is -6.66. The molecule has 2 atom stereocenters. The van der Waals surface area contributed by atoms with Gasteiger partial charge < -0.3 is 5.73 Å². The van der Waals surface area contributed by atoms with Gasteiger partial charge in [0, 0.05) is 17.4 Å². The second-order valence-corrected chi connectivity index (χ2v) is 13.1. The molecule has 2 unspecified atom stereocenters. The third kappa shape index (κ3) is 6.16. The lowest BCUT2D eigenvalue weighted by Gasteiger charge is -2.24. The minimum atomic E-state index is -0.848. The van der Waals surface area contributed by atoms with E-state index in [1.165, 1.54) is 39.1 Å². The number of hydrogen-bond donors (Lipinski definition) is 1. The number of carbonyl (C=O) groups excluding carboxylic acids is 2. The van der Waals surface area contributed by atoms with E-state index in [2.05, 4.69) is 9.97 Å². The zero-order valence-electron chi connectivity index (χ0n) is 29.7. The van der Waals surface area contributed by atoms with E-state index in [1.807, 2.05) is 19.1 Å². The Morgan fingerprint density at radius 3 is 1.44 bits per heavy atom. The Bertz CT molecular complexity index is 2740. The lowest BCUT2D eigenvalue weighted by Crippen LogP contribution is -2.35. The number of carbonyl (C=O) groups is 2. The van der Waals surface area contributed by atoms with Crippen LogP contribution in [0.4, 0.5) is 8.78 Å². The lowest BCUT2D eigenvalue weighted by molar-refractivity contribution is 0.0592. The molecule has 10 nitrogen and oxygen atoms in total. The van der Waals surface area contributed by atoms with Crippen LogP contribution >= 0.6 is 0 Å². The van der Waals surface area contributed by atoms with E-state index in [-0.39, 0.29) is 16.8 Å². The molecular formula is C42H34F2N6O4. The fourth-order valence-electron chi connectivity index (χ4n) is 6.86. The Balaban J connectivity index is 0.000000179. The van der Waals surface area contributed by atoms with Gasteiger partial charge in [-0.3, -0.25) is 32.9 Å². The molecule has 0 saturated heterocycles. The van der Waals surface area contributed by atoms with Crippen LogP contribution in [0.2, 0.25) is 0 Å². The van der Waals surface area contributed by atoms with Crippen molar-refractivity contribution >= 4 is 23.1 Å². The molecule has 0 fully saturated rings. The van der Waals surface area contributed by atoms with Crippen LogP contribution in [0.25, 0.3) is 33.5 Å². The molecule has 3 aromatic carbocycles. The predicted octanol–water partition coefficient (Wildman–Crippen LogP) is 6.99. The van der Waals surface area contributed by atoms with Gasteiger partial charge in [-0.15, -0.1) is 0 Å². The van der Waals surface area contributed by atoms with Gasteiger partial charge in [0.25, 0.3) is 22.9 Å². The molecule has 2 amide bonds. The topological polar surface area (TPSA) is 132 Å². The Kier molecular flexibility index (Phi) is 9.30. The van der Waals surface area contributed by atoms with Gasteiger partial charge in [0.1, 0.15) is 22.9 Å². The molecule has 1 aliphatic rings. The van der Waals surface area contributed by atoms with Crippen molar-refractivity contribution in [3.63, 3.8) is 0 Å². The molecule has 5 heterocycles. The first kappa shape index (κ1) is 35.7. The second kappa shape index (κ2) is 14.1. The number of fused-ring (bicyclic) bond motifs is 3. The summed E-state index contributed by atoms with van der Waals surface area (Å²) < 4.78 is 30.6. The zero-order valence-corrected chi connectivity index (χ0v) is 29.7. The first-order valence-electron chi connectivity index (χ1n) is 17.2. The van der Waals surface area contributed by atoms with Crippen LogP contribution in [0.3, 0.4) is 0 Å². The maximum Gasteiger partial charge on any atom is 0.266 e. The Morgan fingerprint density at radius 2 is 1.00 bits per heavy atom. The van der Waals surface area contributed by atoms with Crippen molar-refractivity contribution in [2.24, 2.45) is 5.73 Å². The fourth-order valence-corrected chi connectivity index (χ4v) is 6.86. The number of aryl methyl sites for hydroxylation is 2. The number of hydrogen-bond acceptors (Lipinski definition) is 7. The van der Waals surface area contributed by atoms with Crippen molar-refractivity contribution in [2.75, 3.05) is 0 Å². The highest BCUT2D eigenvalue weighted by Crippen LogP contribution is 2.34. The van der Waals surface area contributed by atoms with Gasteiger partial charge >= 0.3 is 0 Å². The number of nitrogens with zero attached hydrogens (tertiary/aromatic N) is 5. The second-order valence-electron chi connectivity index (χ2n) is 13.1. The van der Waals surface area contributed by atoms with E-state index < -0.39 is 41.1 Å². The number of imide groups is 1. The molecule has 7 aromatic rings. The third-order valence-electron chi connectivity index (χ3n) is 9.41. The smallest absolute Gasteiger partial charge is 0.266 e. The van der Waals surface area contributed by atoms with Gasteiger partial charge in [0.05, 0.1) is 39.7 Å². The van der Waals surface area contributed by atoms with Gasteiger partial charge in [0.2, 0.25) is 0 Å². The summed E-state index contributed by atoms with van der Waals surface area (Å²) in [5.41, 5.74) is 10.4. The maximum atomic E-state index is 14.1. The fraction of sp³-hybridized carbons (Fsp3) is 0.143. The third-order valence-corrected chi connectivity index (χ3v) is 9.41. The number of nitrogens with two attached hydrogens (primary N) is 1. The van der Waals surface area contributed by atoms with Crippen LogP contribution in [-0.4, -0.2) is 35.5 Å². The number of halogens is 2. The number of amides is 2.